The number of unbranched alkanes of at least 4 members (excludes halogenated alkanes) is 3. The normalized spacial score (nSPS) is 12.0. The maximum atomic E-state index is 5.97. The maximum absolute atomic E-state index is 5.97. The molecule has 1 heterocycles. The largest absolute Gasteiger partial charge is 0.490 e. The van der Waals surface area contributed by atoms with Gasteiger partial charge in [0.05, 0.1) is 25.6 Å². The SMILES string of the molecule is CCCOCCCCCCOc1cnc(-c2ccc(OC(CCC)OCCC)cc2)nc1. The molecule has 0 N–H and O–H groups in total. The number of hydrogen-bond donors (Lipinski definition) is 0. The Morgan fingerprint density at radius 2 is 1.41 bits per heavy atom. The van der Waals surface area contributed by atoms with Crippen LogP contribution >= 0.6 is 0 Å². The summed E-state index contributed by atoms with van der Waals surface area (Å²) in [4.78, 5) is 8.90. The second kappa shape index (κ2) is 16.5. The van der Waals surface area contributed by atoms with Gasteiger partial charge in [0.25, 0.3) is 0 Å². The van der Waals surface area contributed by atoms with Crippen molar-refractivity contribution in [1.82, 2.24) is 9.97 Å². The van der Waals surface area contributed by atoms with E-state index in [1.54, 1.807) is 12.4 Å². The lowest BCUT2D eigenvalue weighted by atomic mass is 10.2. The van der Waals surface area contributed by atoms with E-state index in [0.29, 0.717) is 24.8 Å². The van der Waals surface area contributed by atoms with Crippen molar-refractivity contribution in [2.45, 2.75) is 78.4 Å². The van der Waals surface area contributed by atoms with Gasteiger partial charge in [-0.05, 0) is 56.4 Å². The Morgan fingerprint density at radius 3 is 2.06 bits per heavy atom. The van der Waals surface area contributed by atoms with E-state index in [0.717, 1.165) is 69.5 Å². The molecule has 1 aromatic carbocycles. The van der Waals surface area contributed by atoms with Gasteiger partial charge in [0.2, 0.25) is 0 Å². The Hall–Kier alpha value is -2.18. The minimum absolute atomic E-state index is 0.201. The number of ether oxygens (including phenoxy) is 4. The van der Waals surface area contributed by atoms with Crippen LogP contribution in [-0.2, 0) is 9.47 Å². The van der Waals surface area contributed by atoms with E-state index in [1.807, 2.05) is 24.3 Å². The molecule has 1 unspecified atom stereocenters. The Kier molecular flexibility index (Phi) is 13.4. The molecule has 0 aliphatic rings. The summed E-state index contributed by atoms with van der Waals surface area (Å²) < 4.78 is 23.0. The third kappa shape index (κ3) is 10.4. The molecule has 2 rings (SSSR count). The average Bonchev–Trinajstić information content (AvgIpc) is 2.82. The minimum atomic E-state index is -0.201. The first-order valence-electron chi connectivity index (χ1n) is 12.2. The summed E-state index contributed by atoms with van der Waals surface area (Å²) >= 11 is 0. The van der Waals surface area contributed by atoms with Crippen molar-refractivity contribution in [3.63, 3.8) is 0 Å². The second-order valence-corrected chi connectivity index (χ2v) is 7.85. The molecule has 0 aliphatic heterocycles. The van der Waals surface area contributed by atoms with Crippen molar-refractivity contribution in [2.24, 2.45) is 0 Å². The topological polar surface area (TPSA) is 62.7 Å². The average molecular weight is 445 g/mol. The molecule has 2 aromatic rings. The minimum Gasteiger partial charge on any atom is -0.490 e. The zero-order valence-corrected chi connectivity index (χ0v) is 20.1. The number of benzene rings is 1. The third-order valence-electron chi connectivity index (χ3n) is 4.84. The first kappa shape index (κ1) is 26.1. The van der Waals surface area contributed by atoms with Crippen LogP contribution in [0.4, 0.5) is 0 Å². The maximum Gasteiger partial charge on any atom is 0.199 e. The summed E-state index contributed by atoms with van der Waals surface area (Å²) in [5.74, 6) is 2.17. The Morgan fingerprint density at radius 1 is 0.719 bits per heavy atom. The Balaban J connectivity index is 1.73. The first-order chi connectivity index (χ1) is 15.8. The predicted molar refractivity (Wildman–Crippen MR) is 128 cm³/mol. The van der Waals surface area contributed by atoms with E-state index >= 15 is 0 Å². The summed E-state index contributed by atoms with van der Waals surface area (Å²) in [7, 11) is 0. The standard InChI is InChI=1S/C26H40N2O4/c1-4-11-25(31-17-6-3)32-23-14-12-22(13-15-23)26-27-20-24(21-28-26)30-19-10-8-7-9-18-29-16-5-2/h12-15,20-21,25H,4-11,16-19H2,1-3H3. The van der Waals surface area contributed by atoms with Gasteiger partial charge in [0.1, 0.15) is 5.75 Å². The molecule has 0 amide bonds. The molecule has 1 atom stereocenters. The molecule has 0 spiro atoms. The van der Waals surface area contributed by atoms with Crippen LogP contribution < -0.4 is 9.47 Å². The van der Waals surface area contributed by atoms with Crippen LogP contribution in [-0.4, -0.2) is 42.7 Å². The summed E-state index contributed by atoms with van der Waals surface area (Å²) in [6, 6.07) is 7.82. The van der Waals surface area contributed by atoms with E-state index in [-0.39, 0.29) is 6.29 Å². The summed E-state index contributed by atoms with van der Waals surface area (Å²) in [5, 5.41) is 0. The van der Waals surface area contributed by atoms with Gasteiger partial charge in [0, 0.05) is 25.2 Å². The molecule has 0 fully saturated rings. The number of rotatable bonds is 18. The second-order valence-electron chi connectivity index (χ2n) is 7.85. The van der Waals surface area contributed by atoms with Crippen molar-refractivity contribution in [2.75, 3.05) is 26.4 Å². The quantitative estimate of drug-likeness (QED) is 0.195. The van der Waals surface area contributed by atoms with E-state index in [4.69, 9.17) is 18.9 Å². The third-order valence-corrected chi connectivity index (χ3v) is 4.84. The van der Waals surface area contributed by atoms with Crippen LogP contribution in [0.5, 0.6) is 11.5 Å². The zero-order chi connectivity index (χ0) is 22.9. The molecule has 178 valence electrons. The fraction of sp³-hybridized carbons (Fsp3) is 0.615. The highest BCUT2D eigenvalue weighted by Gasteiger charge is 2.10. The number of aromatic nitrogens is 2. The fourth-order valence-corrected chi connectivity index (χ4v) is 3.13. The molecule has 32 heavy (non-hydrogen) atoms. The molecule has 0 saturated carbocycles. The monoisotopic (exact) mass is 444 g/mol. The zero-order valence-electron chi connectivity index (χ0n) is 20.1. The molecule has 0 radical (unpaired) electrons. The molecule has 6 heteroatoms. The van der Waals surface area contributed by atoms with Crippen LogP contribution in [0.3, 0.4) is 0 Å². The van der Waals surface area contributed by atoms with Gasteiger partial charge in [-0.3, -0.25) is 0 Å². The lowest BCUT2D eigenvalue weighted by Crippen LogP contribution is -2.20. The van der Waals surface area contributed by atoms with Gasteiger partial charge in [-0.2, -0.15) is 0 Å². The lowest BCUT2D eigenvalue weighted by Gasteiger charge is -2.19. The molecule has 0 bridgehead atoms. The van der Waals surface area contributed by atoms with E-state index in [9.17, 15) is 0 Å². The molecule has 6 nitrogen and oxygen atoms in total. The van der Waals surface area contributed by atoms with Crippen molar-refractivity contribution >= 4 is 0 Å². The highest BCUT2D eigenvalue weighted by atomic mass is 16.7. The summed E-state index contributed by atoms with van der Waals surface area (Å²) in [5.41, 5.74) is 0.940. The fourth-order valence-electron chi connectivity index (χ4n) is 3.13. The van der Waals surface area contributed by atoms with E-state index < -0.39 is 0 Å². The molecular formula is C26H40N2O4. The van der Waals surface area contributed by atoms with Gasteiger partial charge >= 0.3 is 0 Å². The van der Waals surface area contributed by atoms with Crippen molar-refractivity contribution in [3.8, 4) is 22.9 Å². The van der Waals surface area contributed by atoms with Crippen LogP contribution in [0, 0.1) is 0 Å². The van der Waals surface area contributed by atoms with E-state index in [2.05, 4.69) is 30.7 Å². The highest BCUT2D eigenvalue weighted by Crippen LogP contribution is 2.22. The molecule has 0 aliphatic carbocycles. The van der Waals surface area contributed by atoms with Gasteiger partial charge in [-0.25, -0.2) is 9.97 Å². The number of hydrogen-bond acceptors (Lipinski definition) is 6. The van der Waals surface area contributed by atoms with Gasteiger partial charge in [-0.1, -0.05) is 33.6 Å². The smallest absolute Gasteiger partial charge is 0.199 e. The molecule has 0 saturated heterocycles. The summed E-state index contributed by atoms with van der Waals surface area (Å²) in [6.07, 6.45) is 11.7. The molecule has 1 aromatic heterocycles. The molecular weight excluding hydrogens is 404 g/mol. The van der Waals surface area contributed by atoms with Crippen LogP contribution in [0.25, 0.3) is 11.4 Å². The first-order valence-corrected chi connectivity index (χ1v) is 12.2. The van der Waals surface area contributed by atoms with Gasteiger partial charge in [-0.15, -0.1) is 0 Å². The Bertz CT molecular complexity index is 707. The lowest BCUT2D eigenvalue weighted by molar-refractivity contribution is -0.0844. The van der Waals surface area contributed by atoms with Crippen LogP contribution in [0.1, 0.15) is 72.1 Å². The predicted octanol–water partition coefficient (Wildman–Crippen LogP) is 6.44. The number of nitrogens with zero attached hydrogens (tertiary/aromatic N) is 2. The van der Waals surface area contributed by atoms with Crippen LogP contribution in [0.2, 0.25) is 0 Å². The highest BCUT2D eigenvalue weighted by molar-refractivity contribution is 5.56. The van der Waals surface area contributed by atoms with Crippen LogP contribution in [0.15, 0.2) is 36.7 Å². The summed E-state index contributed by atoms with van der Waals surface area (Å²) in [6.45, 7) is 9.48. The van der Waals surface area contributed by atoms with Gasteiger partial charge in [0.15, 0.2) is 17.9 Å². The van der Waals surface area contributed by atoms with Crippen molar-refractivity contribution in [3.05, 3.63) is 36.7 Å². The Labute approximate surface area is 193 Å². The van der Waals surface area contributed by atoms with Gasteiger partial charge < -0.3 is 18.9 Å². The van der Waals surface area contributed by atoms with Crippen molar-refractivity contribution in [1.29, 1.82) is 0 Å². The van der Waals surface area contributed by atoms with Crippen molar-refractivity contribution < 1.29 is 18.9 Å². The van der Waals surface area contributed by atoms with E-state index in [1.165, 1.54) is 6.42 Å².